The highest BCUT2D eigenvalue weighted by molar-refractivity contribution is 6.66. The summed E-state index contributed by atoms with van der Waals surface area (Å²) in [6.07, 6.45) is 0. The number of nitrogens with one attached hydrogen (secondary N) is 1. The zero-order chi connectivity index (χ0) is 11.4. The van der Waals surface area contributed by atoms with E-state index in [0.717, 1.165) is 5.56 Å². The third-order valence-corrected chi connectivity index (χ3v) is 2.36. The summed E-state index contributed by atoms with van der Waals surface area (Å²) in [5, 5.41) is 8.23. The van der Waals surface area contributed by atoms with E-state index in [-0.39, 0.29) is 0 Å². The maximum atomic E-state index is 11.1. The van der Waals surface area contributed by atoms with Crippen LogP contribution in [0.1, 0.15) is 12.5 Å². The second-order valence-corrected chi connectivity index (χ2v) is 3.43. The van der Waals surface area contributed by atoms with Crippen LogP contribution in [0.2, 0.25) is 0 Å². The van der Waals surface area contributed by atoms with E-state index >= 15 is 0 Å². The lowest BCUT2D eigenvalue weighted by molar-refractivity contribution is 0.264. The summed E-state index contributed by atoms with van der Waals surface area (Å²) in [4.78, 5) is 12.6. The van der Waals surface area contributed by atoms with Crippen molar-refractivity contribution in [2.24, 2.45) is 0 Å². The van der Waals surface area contributed by atoms with E-state index in [9.17, 15) is 4.79 Å². The molecule has 0 bridgehead atoms. The first-order valence-electron chi connectivity index (χ1n) is 4.58. The number of aryl methyl sites for hydroxylation is 1. The number of anilines is 2. The summed E-state index contributed by atoms with van der Waals surface area (Å²) in [6, 6.07) is 5.18. The van der Waals surface area contributed by atoms with Crippen LogP contribution >= 0.6 is 11.6 Å². The molecule has 0 saturated heterocycles. The first-order valence-corrected chi connectivity index (χ1v) is 4.95. The SMILES string of the molecule is CCN(C(=O)Cl)c1cc(NO)ccc1C. The van der Waals surface area contributed by atoms with Crippen molar-refractivity contribution < 1.29 is 10.0 Å². The Labute approximate surface area is 93.4 Å². The Balaban J connectivity index is 3.15. The van der Waals surface area contributed by atoms with Crippen molar-refractivity contribution in [2.45, 2.75) is 13.8 Å². The van der Waals surface area contributed by atoms with Crippen molar-refractivity contribution in [3.63, 3.8) is 0 Å². The van der Waals surface area contributed by atoms with Gasteiger partial charge in [-0.15, -0.1) is 0 Å². The van der Waals surface area contributed by atoms with Gasteiger partial charge in [0, 0.05) is 12.2 Å². The summed E-state index contributed by atoms with van der Waals surface area (Å²) in [7, 11) is 0. The third-order valence-electron chi connectivity index (χ3n) is 2.16. The number of hydrogen-bond acceptors (Lipinski definition) is 3. The van der Waals surface area contributed by atoms with Crippen LogP contribution in [0.25, 0.3) is 0 Å². The number of rotatable bonds is 3. The number of benzene rings is 1. The lowest BCUT2D eigenvalue weighted by atomic mass is 10.1. The monoisotopic (exact) mass is 228 g/mol. The Morgan fingerprint density at radius 3 is 2.73 bits per heavy atom. The molecule has 0 aliphatic carbocycles. The summed E-state index contributed by atoms with van der Waals surface area (Å²) < 4.78 is 0. The molecule has 0 fully saturated rings. The van der Waals surface area contributed by atoms with Crippen molar-refractivity contribution in [1.29, 1.82) is 0 Å². The van der Waals surface area contributed by atoms with E-state index in [1.54, 1.807) is 18.2 Å². The molecule has 0 spiro atoms. The van der Waals surface area contributed by atoms with Crippen LogP contribution in [0.4, 0.5) is 16.2 Å². The molecular weight excluding hydrogens is 216 g/mol. The fraction of sp³-hybridized carbons (Fsp3) is 0.300. The summed E-state index contributed by atoms with van der Waals surface area (Å²) in [5.74, 6) is 0. The minimum absolute atomic E-state index is 0.484. The Hall–Kier alpha value is -1.26. The van der Waals surface area contributed by atoms with Crippen molar-refractivity contribution in [2.75, 3.05) is 16.9 Å². The first kappa shape index (κ1) is 11.8. The Bertz CT molecular complexity index is 368. The van der Waals surface area contributed by atoms with Gasteiger partial charge in [0.1, 0.15) is 0 Å². The quantitative estimate of drug-likeness (QED) is 0.475. The van der Waals surface area contributed by atoms with Crippen molar-refractivity contribution >= 4 is 28.3 Å². The van der Waals surface area contributed by atoms with E-state index in [1.165, 1.54) is 4.90 Å². The highest BCUT2D eigenvalue weighted by Gasteiger charge is 2.13. The van der Waals surface area contributed by atoms with Gasteiger partial charge in [0.2, 0.25) is 0 Å². The van der Waals surface area contributed by atoms with Gasteiger partial charge in [-0.25, -0.2) is 0 Å². The molecule has 4 nitrogen and oxygen atoms in total. The van der Waals surface area contributed by atoms with Crippen LogP contribution in [-0.4, -0.2) is 17.1 Å². The highest BCUT2D eigenvalue weighted by atomic mass is 35.5. The Kier molecular flexibility index (Phi) is 3.94. The fourth-order valence-electron chi connectivity index (χ4n) is 1.36. The van der Waals surface area contributed by atoms with Gasteiger partial charge < -0.3 is 0 Å². The van der Waals surface area contributed by atoms with Gasteiger partial charge in [-0.3, -0.25) is 20.4 Å². The van der Waals surface area contributed by atoms with Crippen molar-refractivity contribution in [3.05, 3.63) is 23.8 Å². The molecule has 2 N–H and O–H groups in total. The maximum Gasteiger partial charge on any atom is 0.320 e. The number of hydrogen-bond donors (Lipinski definition) is 2. The van der Waals surface area contributed by atoms with Crippen LogP contribution in [0.15, 0.2) is 18.2 Å². The van der Waals surface area contributed by atoms with Crippen LogP contribution < -0.4 is 10.4 Å². The normalized spacial score (nSPS) is 9.87. The molecule has 0 aliphatic heterocycles. The smallest absolute Gasteiger partial charge is 0.299 e. The largest absolute Gasteiger partial charge is 0.320 e. The summed E-state index contributed by atoms with van der Waals surface area (Å²) >= 11 is 5.45. The highest BCUT2D eigenvalue weighted by Crippen LogP contribution is 2.25. The third kappa shape index (κ3) is 2.61. The standard InChI is InChI=1S/C10H13ClN2O2/c1-3-13(10(11)14)9-6-8(12-15)5-4-7(9)2/h4-6,12,15H,3H2,1-2H3. The van der Waals surface area contributed by atoms with E-state index in [1.807, 2.05) is 19.3 Å². The molecule has 0 atom stereocenters. The zero-order valence-corrected chi connectivity index (χ0v) is 9.38. The average Bonchev–Trinajstić information content (AvgIpc) is 2.21. The molecule has 1 aromatic carbocycles. The van der Waals surface area contributed by atoms with Gasteiger partial charge in [0.25, 0.3) is 0 Å². The first-order chi connectivity index (χ1) is 7.10. The second kappa shape index (κ2) is 5.00. The molecule has 0 aliphatic rings. The molecule has 0 unspecified atom stereocenters. The lowest BCUT2D eigenvalue weighted by Gasteiger charge is -2.20. The molecule has 82 valence electrons. The van der Waals surface area contributed by atoms with Crippen molar-refractivity contribution in [1.82, 2.24) is 0 Å². The van der Waals surface area contributed by atoms with Gasteiger partial charge in [-0.05, 0) is 43.1 Å². The van der Waals surface area contributed by atoms with Gasteiger partial charge in [-0.1, -0.05) is 6.07 Å². The maximum absolute atomic E-state index is 11.1. The molecule has 0 heterocycles. The molecular formula is C10H13ClN2O2. The van der Waals surface area contributed by atoms with Gasteiger partial charge in [0.05, 0.1) is 5.69 Å². The van der Waals surface area contributed by atoms with Gasteiger partial charge in [0.15, 0.2) is 0 Å². The molecule has 5 heteroatoms. The molecule has 1 amide bonds. The van der Waals surface area contributed by atoms with E-state index in [4.69, 9.17) is 16.8 Å². The second-order valence-electron chi connectivity index (χ2n) is 3.11. The minimum Gasteiger partial charge on any atom is -0.299 e. The lowest BCUT2D eigenvalue weighted by Crippen LogP contribution is -2.25. The topological polar surface area (TPSA) is 52.6 Å². The van der Waals surface area contributed by atoms with Gasteiger partial charge in [-0.2, -0.15) is 0 Å². The molecule has 0 saturated carbocycles. The average molecular weight is 229 g/mol. The summed E-state index contributed by atoms with van der Waals surface area (Å²) in [6.45, 7) is 4.19. The zero-order valence-electron chi connectivity index (χ0n) is 8.62. The van der Waals surface area contributed by atoms with Crippen molar-refractivity contribution in [3.8, 4) is 0 Å². The van der Waals surface area contributed by atoms with E-state index < -0.39 is 5.37 Å². The van der Waals surface area contributed by atoms with E-state index in [0.29, 0.717) is 17.9 Å². The molecule has 0 radical (unpaired) electrons. The van der Waals surface area contributed by atoms with Crippen LogP contribution in [0.5, 0.6) is 0 Å². The number of amides is 1. The van der Waals surface area contributed by atoms with Crippen LogP contribution in [0, 0.1) is 6.92 Å². The molecule has 15 heavy (non-hydrogen) atoms. The number of halogens is 1. The summed E-state index contributed by atoms with van der Waals surface area (Å²) in [5.41, 5.74) is 4.16. The van der Waals surface area contributed by atoms with Gasteiger partial charge >= 0.3 is 5.37 Å². The number of nitrogens with zero attached hydrogens (tertiary/aromatic N) is 1. The predicted molar refractivity (Wildman–Crippen MR) is 60.9 cm³/mol. The van der Waals surface area contributed by atoms with E-state index in [2.05, 4.69) is 0 Å². The van der Waals surface area contributed by atoms with Crippen LogP contribution in [0.3, 0.4) is 0 Å². The van der Waals surface area contributed by atoms with Crippen LogP contribution in [-0.2, 0) is 0 Å². The fourth-order valence-corrected chi connectivity index (χ4v) is 1.57. The molecule has 1 aromatic rings. The number of carbonyl (C=O) groups excluding carboxylic acids is 1. The Morgan fingerprint density at radius 2 is 2.27 bits per heavy atom. The minimum atomic E-state index is -0.532. The Morgan fingerprint density at radius 1 is 1.60 bits per heavy atom. The predicted octanol–water partition coefficient (Wildman–Crippen LogP) is 2.98. The number of carbonyl (C=O) groups is 1. The molecule has 0 aromatic heterocycles. The molecule has 1 rings (SSSR count).